The number of rotatable bonds is 2. The second kappa shape index (κ2) is 3.68. The van der Waals surface area contributed by atoms with Crippen LogP contribution in [0.3, 0.4) is 0 Å². The van der Waals surface area contributed by atoms with Crippen LogP contribution in [0, 0.1) is 23.2 Å². The molecule has 0 radical (unpaired) electrons. The predicted octanol–water partition coefficient (Wildman–Crippen LogP) is 2.93. The Morgan fingerprint density at radius 3 is 3.12 bits per heavy atom. The van der Waals surface area contributed by atoms with Crippen LogP contribution in [0.2, 0.25) is 0 Å². The van der Waals surface area contributed by atoms with Gasteiger partial charge in [-0.1, -0.05) is 18.2 Å². The summed E-state index contributed by atoms with van der Waals surface area (Å²) in [6.45, 7) is 0. The number of fused-ring (bicyclic) bond motifs is 1. The fourth-order valence-corrected chi connectivity index (χ4v) is 2.78. The molecule has 1 aromatic carbocycles. The molecule has 2 heteroatoms. The van der Waals surface area contributed by atoms with Crippen LogP contribution >= 0.6 is 0 Å². The fourth-order valence-electron chi connectivity index (χ4n) is 2.78. The molecule has 0 aliphatic heterocycles. The topological polar surface area (TPSA) is 35.8 Å². The van der Waals surface area contributed by atoms with Gasteiger partial charge in [0, 0.05) is 17.6 Å². The van der Waals surface area contributed by atoms with Crippen LogP contribution in [-0.4, -0.2) is 6.04 Å². The van der Waals surface area contributed by atoms with Crippen LogP contribution in [0.15, 0.2) is 36.4 Å². The third-order valence-corrected chi connectivity index (χ3v) is 3.71. The first kappa shape index (κ1) is 9.47. The van der Waals surface area contributed by atoms with E-state index in [1.54, 1.807) is 0 Å². The van der Waals surface area contributed by atoms with Crippen LogP contribution in [0.25, 0.3) is 0 Å². The zero-order valence-corrected chi connectivity index (χ0v) is 9.06. The van der Waals surface area contributed by atoms with E-state index in [0.717, 1.165) is 17.2 Å². The van der Waals surface area contributed by atoms with Gasteiger partial charge in [-0.3, -0.25) is 0 Å². The summed E-state index contributed by atoms with van der Waals surface area (Å²) in [7, 11) is 0. The van der Waals surface area contributed by atoms with Crippen molar-refractivity contribution in [2.45, 2.75) is 18.9 Å². The summed E-state index contributed by atoms with van der Waals surface area (Å²) in [5.41, 5.74) is 1.80. The summed E-state index contributed by atoms with van der Waals surface area (Å²) < 4.78 is 0. The number of nitrogens with zero attached hydrogens (tertiary/aromatic N) is 1. The monoisotopic (exact) mass is 210 g/mol. The minimum atomic E-state index is 0.567. The van der Waals surface area contributed by atoms with E-state index in [9.17, 15) is 0 Å². The van der Waals surface area contributed by atoms with E-state index in [-0.39, 0.29) is 0 Å². The highest BCUT2D eigenvalue weighted by Gasteiger charge is 2.40. The van der Waals surface area contributed by atoms with Crippen molar-refractivity contribution in [1.82, 2.24) is 0 Å². The van der Waals surface area contributed by atoms with E-state index < -0.39 is 0 Å². The summed E-state index contributed by atoms with van der Waals surface area (Å²) in [6, 6.07) is 10.5. The van der Waals surface area contributed by atoms with Crippen molar-refractivity contribution in [2.24, 2.45) is 11.8 Å². The van der Waals surface area contributed by atoms with Crippen LogP contribution in [0.1, 0.15) is 18.4 Å². The lowest BCUT2D eigenvalue weighted by atomic mass is 9.71. The van der Waals surface area contributed by atoms with Gasteiger partial charge in [-0.2, -0.15) is 5.26 Å². The van der Waals surface area contributed by atoms with Crippen molar-refractivity contribution in [3.63, 3.8) is 0 Å². The van der Waals surface area contributed by atoms with E-state index in [1.165, 1.54) is 12.8 Å². The van der Waals surface area contributed by atoms with Gasteiger partial charge in [0.15, 0.2) is 0 Å². The molecule has 1 fully saturated rings. The van der Waals surface area contributed by atoms with Gasteiger partial charge in [0.25, 0.3) is 0 Å². The average molecular weight is 210 g/mol. The third-order valence-electron chi connectivity index (χ3n) is 3.71. The number of allylic oxidation sites excluding steroid dienone is 1. The van der Waals surface area contributed by atoms with Crippen molar-refractivity contribution < 1.29 is 0 Å². The number of nitriles is 1. The second-order valence-electron chi connectivity index (χ2n) is 4.68. The van der Waals surface area contributed by atoms with Crippen molar-refractivity contribution >= 4 is 5.69 Å². The smallest absolute Gasteiger partial charge is 0.0992 e. The first-order valence-electron chi connectivity index (χ1n) is 5.80. The molecule has 1 N–H and O–H groups in total. The number of anilines is 1. The van der Waals surface area contributed by atoms with Gasteiger partial charge in [-0.15, -0.1) is 0 Å². The van der Waals surface area contributed by atoms with Gasteiger partial charge in [-0.05, 0) is 37.0 Å². The Morgan fingerprint density at radius 1 is 1.38 bits per heavy atom. The molecule has 0 heterocycles. The van der Waals surface area contributed by atoms with Crippen LogP contribution in [-0.2, 0) is 0 Å². The summed E-state index contributed by atoms with van der Waals surface area (Å²) in [4.78, 5) is 0. The van der Waals surface area contributed by atoms with Gasteiger partial charge in [0.05, 0.1) is 11.6 Å². The minimum absolute atomic E-state index is 0.567. The molecule has 2 aliphatic rings. The molecule has 0 bridgehead atoms. The molecule has 1 saturated carbocycles. The van der Waals surface area contributed by atoms with Crippen LogP contribution in [0.5, 0.6) is 0 Å². The number of hydrogen-bond acceptors (Lipinski definition) is 2. The largest absolute Gasteiger partial charge is 0.382 e. The van der Waals surface area contributed by atoms with E-state index in [2.05, 4.69) is 23.5 Å². The zero-order valence-electron chi connectivity index (χ0n) is 9.06. The quantitative estimate of drug-likeness (QED) is 0.762. The summed E-state index contributed by atoms with van der Waals surface area (Å²) in [5, 5.41) is 12.4. The SMILES string of the molecule is N#Cc1cccc(NC2CC3CC=CC32)c1. The van der Waals surface area contributed by atoms with E-state index >= 15 is 0 Å². The highest BCUT2D eigenvalue weighted by molar-refractivity contribution is 5.50. The van der Waals surface area contributed by atoms with Crippen molar-refractivity contribution in [2.75, 3.05) is 5.32 Å². The van der Waals surface area contributed by atoms with Crippen LogP contribution in [0.4, 0.5) is 5.69 Å². The second-order valence-corrected chi connectivity index (χ2v) is 4.68. The van der Waals surface area contributed by atoms with Crippen molar-refractivity contribution in [3.05, 3.63) is 42.0 Å². The zero-order chi connectivity index (χ0) is 11.0. The van der Waals surface area contributed by atoms with Gasteiger partial charge in [-0.25, -0.2) is 0 Å². The summed E-state index contributed by atoms with van der Waals surface area (Å²) in [5.74, 6) is 1.59. The predicted molar refractivity (Wildman–Crippen MR) is 63.9 cm³/mol. The van der Waals surface area contributed by atoms with Gasteiger partial charge >= 0.3 is 0 Å². The molecule has 3 unspecified atom stereocenters. The third kappa shape index (κ3) is 1.49. The molecule has 0 amide bonds. The first-order valence-corrected chi connectivity index (χ1v) is 5.80. The lowest BCUT2D eigenvalue weighted by molar-refractivity contribution is 0.218. The van der Waals surface area contributed by atoms with Gasteiger partial charge in [0.2, 0.25) is 0 Å². The molecule has 2 aliphatic carbocycles. The molecule has 80 valence electrons. The Hall–Kier alpha value is -1.75. The molecular weight excluding hydrogens is 196 g/mol. The molecule has 0 spiro atoms. The fraction of sp³-hybridized carbons (Fsp3) is 0.357. The number of hydrogen-bond donors (Lipinski definition) is 1. The maximum absolute atomic E-state index is 8.83. The molecule has 1 aromatic rings. The van der Waals surface area contributed by atoms with Gasteiger partial charge in [0.1, 0.15) is 0 Å². The minimum Gasteiger partial charge on any atom is -0.382 e. The van der Waals surface area contributed by atoms with Crippen LogP contribution < -0.4 is 5.32 Å². The standard InChI is InChI=1S/C14H14N2/c15-9-10-3-1-5-12(7-10)16-14-8-11-4-2-6-13(11)14/h1-3,5-7,11,13-14,16H,4,8H2. The van der Waals surface area contributed by atoms with E-state index in [4.69, 9.17) is 5.26 Å². The van der Waals surface area contributed by atoms with Crippen molar-refractivity contribution in [1.29, 1.82) is 5.26 Å². The maximum atomic E-state index is 8.83. The Kier molecular flexibility index (Phi) is 2.18. The van der Waals surface area contributed by atoms with E-state index in [0.29, 0.717) is 12.0 Å². The highest BCUT2D eigenvalue weighted by Crippen LogP contribution is 2.44. The lowest BCUT2D eigenvalue weighted by Crippen LogP contribution is -2.43. The molecule has 16 heavy (non-hydrogen) atoms. The molecule has 3 atom stereocenters. The Balaban J connectivity index is 1.71. The van der Waals surface area contributed by atoms with Crippen molar-refractivity contribution in [3.8, 4) is 6.07 Å². The lowest BCUT2D eigenvalue weighted by Gasteiger charge is -2.41. The molecule has 2 nitrogen and oxygen atoms in total. The normalized spacial score (nSPS) is 30.3. The van der Waals surface area contributed by atoms with E-state index in [1.807, 2.05) is 24.3 Å². The summed E-state index contributed by atoms with van der Waals surface area (Å²) >= 11 is 0. The maximum Gasteiger partial charge on any atom is 0.0992 e. The molecule has 3 rings (SSSR count). The Labute approximate surface area is 95.6 Å². The molecular formula is C14H14N2. The molecule has 0 aromatic heterocycles. The molecule has 0 saturated heterocycles. The Morgan fingerprint density at radius 2 is 2.31 bits per heavy atom. The van der Waals surface area contributed by atoms with Gasteiger partial charge < -0.3 is 5.32 Å². The average Bonchev–Trinajstić information content (AvgIpc) is 2.68. The highest BCUT2D eigenvalue weighted by atomic mass is 14.9. The first-order chi connectivity index (χ1) is 7.86. The summed E-state index contributed by atoms with van der Waals surface area (Å²) in [6.07, 6.45) is 7.14. The number of benzene rings is 1. The number of nitrogens with one attached hydrogen (secondary N) is 1. The Bertz CT molecular complexity index is 470.